The van der Waals surface area contributed by atoms with E-state index in [1.54, 1.807) is 0 Å². The molecule has 0 heterocycles. The summed E-state index contributed by atoms with van der Waals surface area (Å²) in [5, 5.41) is 2.56. The van der Waals surface area contributed by atoms with Crippen molar-refractivity contribution >= 4 is 27.8 Å². The van der Waals surface area contributed by atoms with Crippen molar-refractivity contribution < 1.29 is 0 Å². The van der Waals surface area contributed by atoms with Gasteiger partial charge < -0.3 is 4.90 Å². The second kappa shape index (κ2) is 13.2. The molecule has 0 unspecified atom stereocenters. The summed E-state index contributed by atoms with van der Waals surface area (Å²) in [6.45, 7) is 0. The normalized spacial score (nSPS) is 12.6. The van der Waals surface area contributed by atoms with Gasteiger partial charge in [0, 0.05) is 17.1 Å². The van der Waals surface area contributed by atoms with Crippen LogP contribution in [0, 0.1) is 0 Å². The molecule has 1 heteroatoms. The standard InChI is InChI=1S/C53H37N/c1-5-16-43(17-6-1)53(44-18-7-2-8-19-44)50-36-32-41-15-13-14-24-48(41)52(50)49-35-31-42(37-51(49)53)40-27-25-38(26-28-40)39-29-33-47(34-30-39)54(45-20-9-3-10-21-45)46-22-11-4-12-23-46/h1-37H. The van der Waals surface area contributed by atoms with Crippen molar-refractivity contribution in [2.45, 2.75) is 5.41 Å². The zero-order valence-electron chi connectivity index (χ0n) is 29.8. The number of rotatable bonds is 7. The fourth-order valence-electron chi connectivity index (χ4n) is 8.70. The summed E-state index contributed by atoms with van der Waals surface area (Å²) in [6.07, 6.45) is 0. The van der Waals surface area contributed by atoms with Crippen molar-refractivity contribution in [3.8, 4) is 33.4 Å². The summed E-state index contributed by atoms with van der Waals surface area (Å²) in [6, 6.07) is 81.8. The quantitative estimate of drug-likeness (QED) is 0.161. The Kier molecular flexibility index (Phi) is 7.78. The Morgan fingerprint density at radius 2 is 0.759 bits per heavy atom. The Balaban J connectivity index is 1.06. The Bertz CT molecular complexity index is 2640. The van der Waals surface area contributed by atoms with E-state index in [1.165, 1.54) is 66.4 Å². The summed E-state index contributed by atoms with van der Waals surface area (Å²) < 4.78 is 0. The molecule has 0 aliphatic heterocycles. The average molecular weight is 688 g/mol. The maximum absolute atomic E-state index is 2.45. The highest BCUT2D eigenvalue weighted by Crippen LogP contribution is 2.58. The van der Waals surface area contributed by atoms with Gasteiger partial charge in [-0.25, -0.2) is 0 Å². The molecule has 0 saturated heterocycles. The summed E-state index contributed by atoms with van der Waals surface area (Å²) in [4.78, 5) is 2.30. The lowest BCUT2D eigenvalue weighted by Crippen LogP contribution is -2.28. The molecular weight excluding hydrogens is 651 g/mol. The first-order valence-corrected chi connectivity index (χ1v) is 18.7. The van der Waals surface area contributed by atoms with Gasteiger partial charge in [0.15, 0.2) is 0 Å². The smallest absolute Gasteiger partial charge is 0.0714 e. The van der Waals surface area contributed by atoms with E-state index in [0.29, 0.717) is 0 Å². The van der Waals surface area contributed by atoms with E-state index in [-0.39, 0.29) is 0 Å². The summed E-state index contributed by atoms with van der Waals surface area (Å²) in [7, 11) is 0. The average Bonchev–Trinajstić information content (AvgIpc) is 3.56. The van der Waals surface area contributed by atoms with E-state index in [0.717, 1.165) is 17.1 Å². The third-order valence-electron chi connectivity index (χ3n) is 11.1. The third-order valence-corrected chi connectivity index (χ3v) is 11.1. The summed E-state index contributed by atoms with van der Waals surface area (Å²) in [5.74, 6) is 0. The minimum atomic E-state index is -0.456. The Labute approximate surface area is 317 Å². The number of fused-ring (bicyclic) bond motifs is 5. The molecule has 0 atom stereocenters. The fourth-order valence-corrected chi connectivity index (χ4v) is 8.70. The number of para-hydroxylation sites is 2. The van der Waals surface area contributed by atoms with Gasteiger partial charge in [-0.05, 0) is 109 Å². The summed E-state index contributed by atoms with van der Waals surface area (Å²) >= 11 is 0. The summed E-state index contributed by atoms with van der Waals surface area (Å²) in [5.41, 5.74) is 15.6. The molecule has 0 bridgehead atoms. The lowest BCUT2D eigenvalue weighted by molar-refractivity contribution is 0.769. The van der Waals surface area contributed by atoms with Gasteiger partial charge in [0.25, 0.3) is 0 Å². The third kappa shape index (κ3) is 5.17. The maximum Gasteiger partial charge on any atom is 0.0714 e. The van der Waals surface area contributed by atoms with Crippen LogP contribution in [0.5, 0.6) is 0 Å². The van der Waals surface area contributed by atoms with Crippen molar-refractivity contribution in [1.82, 2.24) is 0 Å². The molecule has 0 N–H and O–H groups in total. The Hall–Kier alpha value is -6.96. The van der Waals surface area contributed by atoms with Crippen LogP contribution in [0.2, 0.25) is 0 Å². The molecule has 1 aliphatic rings. The molecule has 9 aromatic rings. The van der Waals surface area contributed by atoms with Gasteiger partial charge in [-0.2, -0.15) is 0 Å². The zero-order chi connectivity index (χ0) is 35.9. The van der Waals surface area contributed by atoms with Crippen LogP contribution in [0.4, 0.5) is 17.1 Å². The Morgan fingerprint density at radius 1 is 0.315 bits per heavy atom. The van der Waals surface area contributed by atoms with Crippen LogP contribution in [0.15, 0.2) is 224 Å². The zero-order valence-corrected chi connectivity index (χ0v) is 29.8. The molecule has 0 fully saturated rings. The van der Waals surface area contributed by atoms with Gasteiger partial charge in [-0.1, -0.05) is 182 Å². The Morgan fingerprint density at radius 3 is 1.33 bits per heavy atom. The van der Waals surface area contributed by atoms with Gasteiger partial charge in [0.1, 0.15) is 0 Å². The molecule has 9 aromatic carbocycles. The molecule has 0 amide bonds. The van der Waals surface area contributed by atoms with E-state index in [9.17, 15) is 0 Å². The lowest BCUT2D eigenvalue weighted by Gasteiger charge is -2.34. The first-order valence-electron chi connectivity index (χ1n) is 18.7. The molecule has 1 nitrogen and oxygen atoms in total. The molecule has 0 saturated carbocycles. The molecule has 0 radical (unpaired) electrons. The van der Waals surface area contributed by atoms with Crippen LogP contribution in [0.1, 0.15) is 22.3 Å². The minimum Gasteiger partial charge on any atom is -0.311 e. The van der Waals surface area contributed by atoms with Crippen molar-refractivity contribution in [1.29, 1.82) is 0 Å². The van der Waals surface area contributed by atoms with Crippen molar-refractivity contribution in [2.75, 3.05) is 4.90 Å². The van der Waals surface area contributed by atoms with Crippen molar-refractivity contribution in [2.24, 2.45) is 0 Å². The molecular formula is C53H37N. The predicted molar refractivity (Wildman–Crippen MR) is 227 cm³/mol. The number of hydrogen-bond donors (Lipinski definition) is 0. The fraction of sp³-hybridized carbons (Fsp3) is 0.0189. The maximum atomic E-state index is 2.45. The monoisotopic (exact) mass is 687 g/mol. The van der Waals surface area contributed by atoms with E-state index < -0.39 is 5.41 Å². The molecule has 10 rings (SSSR count). The molecule has 254 valence electrons. The highest BCUT2D eigenvalue weighted by molar-refractivity contribution is 6.04. The van der Waals surface area contributed by atoms with Gasteiger partial charge >= 0.3 is 0 Å². The lowest BCUT2D eigenvalue weighted by atomic mass is 9.67. The van der Waals surface area contributed by atoms with E-state index in [2.05, 4.69) is 229 Å². The van der Waals surface area contributed by atoms with Crippen LogP contribution in [0.3, 0.4) is 0 Å². The van der Waals surface area contributed by atoms with Crippen LogP contribution in [0.25, 0.3) is 44.2 Å². The van der Waals surface area contributed by atoms with Crippen LogP contribution in [-0.4, -0.2) is 0 Å². The van der Waals surface area contributed by atoms with Crippen molar-refractivity contribution in [3.63, 3.8) is 0 Å². The minimum absolute atomic E-state index is 0.456. The first kappa shape index (κ1) is 31.7. The van der Waals surface area contributed by atoms with Gasteiger partial charge in [0.05, 0.1) is 5.41 Å². The van der Waals surface area contributed by atoms with Gasteiger partial charge in [-0.3, -0.25) is 0 Å². The highest BCUT2D eigenvalue weighted by Gasteiger charge is 2.46. The molecule has 0 spiro atoms. The van der Waals surface area contributed by atoms with Gasteiger partial charge in [-0.15, -0.1) is 0 Å². The topological polar surface area (TPSA) is 3.24 Å². The largest absolute Gasteiger partial charge is 0.311 e. The van der Waals surface area contributed by atoms with E-state index in [4.69, 9.17) is 0 Å². The predicted octanol–water partition coefficient (Wildman–Crippen LogP) is 14.0. The van der Waals surface area contributed by atoms with Crippen LogP contribution < -0.4 is 4.90 Å². The highest BCUT2D eigenvalue weighted by atomic mass is 15.1. The van der Waals surface area contributed by atoms with E-state index >= 15 is 0 Å². The SMILES string of the molecule is c1ccc(N(c2ccccc2)c2ccc(-c3ccc(-c4ccc5c(c4)C(c4ccccc4)(c4ccccc4)c4ccc6ccccc6c4-5)cc3)cc2)cc1. The molecule has 1 aliphatic carbocycles. The number of hydrogen-bond acceptors (Lipinski definition) is 1. The molecule has 0 aromatic heterocycles. The van der Waals surface area contributed by atoms with E-state index in [1.807, 2.05) is 0 Å². The number of anilines is 3. The van der Waals surface area contributed by atoms with Crippen LogP contribution >= 0.6 is 0 Å². The number of benzene rings is 9. The van der Waals surface area contributed by atoms with Crippen molar-refractivity contribution in [3.05, 3.63) is 247 Å². The molecule has 54 heavy (non-hydrogen) atoms. The number of nitrogens with zero attached hydrogens (tertiary/aromatic N) is 1. The first-order chi connectivity index (χ1) is 26.8. The second-order valence-corrected chi connectivity index (χ2v) is 14.1. The second-order valence-electron chi connectivity index (χ2n) is 14.1. The van der Waals surface area contributed by atoms with Crippen LogP contribution in [-0.2, 0) is 5.41 Å². The van der Waals surface area contributed by atoms with Gasteiger partial charge in [0.2, 0.25) is 0 Å².